The number of anilines is 1. The van der Waals surface area contributed by atoms with E-state index in [1.54, 1.807) is 4.68 Å². The molecule has 0 bridgehead atoms. The lowest BCUT2D eigenvalue weighted by molar-refractivity contribution is 0.648. The van der Waals surface area contributed by atoms with Gasteiger partial charge >= 0.3 is 0 Å². The molecule has 0 unspecified atom stereocenters. The van der Waals surface area contributed by atoms with Crippen LogP contribution in [0.4, 0.5) is 5.82 Å². The highest BCUT2D eigenvalue weighted by Gasteiger charge is 2.18. The first-order chi connectivity index (χ1) is 8.90. The summed E-state index contributed by atoms with van der Waals surface area (Å²) in [7, 11) is 1.89. The fourth-order valence-electron chi connectivity index (χ4n) is 2.22. The van der Waals surface area contributed by atoms with Crippen molar-refractivity contribution in [2.75, 3.05) is 5.73 Å². The van der Waals surface area contributed by atoms with Crippen LogP contribution in [0.3, 0.4) is 0 Å². The Morgan fingerprint density at radius 2 is 2.05 bits per heavy atom. The Kier molecular flexibility index (Phi) is 3.99. The molecular formula is C15H20BrN3. The van der Waals surface area contributed by atoms with Crippen molar-refractivity contribution >= 4 is 21.7 Å². The lowest BCUT2D eigenvalue weighted by Gasteiger charge is -2.08. The van der Waals surface area contributed by atoms with Gasteiger partial charge in [0.05, 0.1) is 5.69 Å². The van der Waals surface area contributed by atoms with Crippen molar-refractivity contribution in [3.63, 3.8) is 0 Å². The molecule has 1 heterocycles. The van der Waals surface area contributed by atoms with Gasteiger partial charge in [0, 0.05) is 22.6 Å². The fraction of sp³-hybridized carbons (Fsp3) is 0.400. The highest BCUT2D eigenvalue weighted by atomic mass is 79.9. The molecule has 0 radical (unpaired) electrons. The Bertz CT molecular complexity index is 600. The van der Waals surface area contributed by atoms with Crippen molar-refractivity contribution in [3.8, 4) is 11.3 Å². The van der Waals surface area contributed by atoms with Gasteiger partial charge in [-0.15, -0.1) is 0 Å². The minimum atomic E-state index is 0.550. The zero-order chi connectivity index (χ0) is 14.2. The fourth-order valence-corrected chi connectivity index (χ4v) is 2.90. The number of rotatable bonds is 3. The largest absolute Gasteiger partial charge is 0.384 e. The number of benzene rings is 1. The van der Waals surface area contributed by atoms with Crippen molar-refractivity contribution in [3.05, 3.63) is 33.8 Å². The Morgan fingerprint density at radius 3 is 2.63 bits per heavy atom. The van der Waals surface area contributed by atoms with E-state index in [1.165, 1.54) is 5.56 Å². The van der Waals surface area contributed by atoms with Crippen molar-refractivity contribution in [1.29, 1.82) is 0 Å². The van der Waals surface area contributed by atoms with Gasteiger partial charge < -0.3 is 5.73 Å². The molecule has 19 heavy (non-hydrogen) atoms. The smallest absolute Gasteiger partial charge is 0.125 e. The molecule has 3 nitrogen and oxygen atoms in total. The van der Waals surface area contributed by atoms with Gasteiger partial charge in [0.25, 0.3) is 0 Å². The van der Waals surface area contributed by atoms with Crippen molar-refractivity contribution in [2.45, 2.75) is 27.2 Å². The van der Waals surface area contributed by atoms with Gasteiger partial charge in [-0.2, -0.15) is 5.10 Å². The van der Waals surface area contributed by atoms with Gasteiger partial charge in [-0.1, -0.05) is 41.9 Å². The zero-order valence-corrected chi connectivity index (χ0v) is 13.5. The van der Waals surface area contributed by atoms with Crippen LogP contribution in [0.5, 0.6) is 0 Å². The molecule has 1 aromatic carbocycles. The van der Waals surface area contributed by atoms with Crippen LogP contribution in [0.1, 0.15) is 25.0 Å². The number of halogens is 1. The minimum absolute atomic E-state index is 0.550. The van der Waals surface area contributed by atoms with Gasteiger partial charge in [-0.05, 0) is 30.9 Å². The maximum Gasteiger partial charge on any atom is 0.125 e. The zero-order valence-electron chi connectivity index (χ0n) is 11.9. The third-order valence-corrected chi connectivity index (χ3v) is 3.84. The average molecular weight is 322 g/mol. The van der Waals surface area contributed by atoms with Gasteiger partial charge in [-0.3, -0.25) is 4.68 Å². The van der Waals surface area contributed by atoms with Crippen molar-refractivity contribution in [1.82, 2.24) is 9.78 Å². The Labute approximate surface area is 122 Å². The standard InChI is InChI=1S/C15H20BrN3/c1-9(2)7-12-14(18-19(4)15(12)17)11-6-5-10(3)8-13(11)16/h5-6,8-9H,7,17H2,1-4H3. The second-order valence-corrected chi connectivity index (χ2v) is 6.27. The summed E-state index contributed by atoms with van der Waals surface area (Å²) in [5, 5.41) is 4.59. The number of nitrogen functional groups attached to an aromatic ring is 1. The summed E-state index contributed by atoms with van der Waals surface area (Å²) in [5.74, 6) is 1.31. The van der Waals surface area contributed by atoms with Crippen molar-refractivity contribution in [2.24, 2.45) is 13.0 Å². The molecule has 0 saturated heterocycles. The second-order valence-electron chi connectivity index (χ2n) is 5.42. The number of aromatic nitrogens is 2. The van der Waals surface area contributed by atoms with Gasteiger partial charge in [0.15, 0.2) is 0 Å². The summed E-state index contributed by atoms with van der Waals surface area (Å²) >= 11 is 3.63. The van der Waals surface area contributed by atoms with Gasteiger partial charge in [0.2, 0.25) is 0 Å². The summed E-state index contributed by atoms with van der Waals surface area (Å²) in [6, 6.07) is 6.31. The molecular weight excluding hydrogens is 302 g/mol. The predicted molar refractivity (Wildman–Crippen MR) is 84.0 cm³/mol. The minimum Gasteiger partial charge on any atom is -0.384 e. The van der Waals surface area contributed by atoms with Gasteiger partial charge in [-0.25, -0.2) is 0 Å². The molecule has 0 aliphatic heterocycles. The van der Waals surface area contributed by atoms with E-state index in [2.05, 4.69) is 60.0 Å². The van der Waals surface area contributed by atoms with E-state index in [4.69, 9.17) is 5.73 Å². The average Bonchev–Trinajstić information content (AvgIpc) is 2.57. The first-order valence-corrected chi connectivity index (χ1v) is 7.27. The normalized spacial score (nSPS) is 11.3. The molecule has 0 spiro atoms. The second kappa shape index (κ2) is 5.37. The molecule has 102 valence electrons. The quantitative estimate of drug-likeness (QED) is 0.930. The van der Waals surface area contributed by atoms with Crippen LogP contribution in [0.2, 0.25) is 0 Å². The Morgan fingerprint density at radius 1 is 1.37 bits per heavy atom. The van der Waals surface area contributed by atoms with E-state index in [1.807, 2.05) is 7.05 Å². The number of nitrogens with zero attached hydrogens (tertiary/aromatic N) is 2. The first-order valence-electron chi connectivity index (χ1n) is 6.48. The maximum absolute atomic E-state index is 6.15. The summed E-state index contributed by atoms with van der Waals surface area (Å²) in [6.07, 6.45) is 0.940. The lowest BCUT2D eigenvalue weighted by atomic mass is 9.98. The molecule has 0 saturated carbocycles. The third-order valence-electron chi connectivity index (χ3n) is 3.19. The predicted octanol–water partition coefficient (Wildman–Crippen LogP) is 3.94. The summed E-state index contributed by atoms with van der Waals surface area (Å²) in [5.41, 5.74) is 10.6. The lowest BCUT2D eigenvalue weighted by Crippen LogP contribution is -2.02. The van der Waals surface area contributed by atoms with E-state index < -0.39 is 0 Å². The molecule has 0 amide bonds. The summed E-state index contributed by atoms with van der Waals surface area (Å²) in [6.45, 7) is 6.47. The van der Waals surface area contributed by atoms with Crippen LogP contribution in [-0.2, 0) is 13.5 Å². The molecule has 1 aromatic heterocycles. The number of hydrogen-bond acceptors (Lipinski definition) is 2. The van der Waals surface area contributed by atoms with Crippen LogP contribution in [-0.4, -0.2) is 9.78 Å². The van der Waals surface area contributed by atoms with Gasteiger partial charge in [0.1, 0.15) is 5.82 Å². The first kappa shape index (κ1) is 14.1. The van der Waals surface area contributed by atoms with Crippen molar-refractivity contribution < 1.29 is 0 Å². The number of hydrogen-bond donors (Lipinski definition) is 1. The van der Waals surface area contributed by atoms with Crippen LogP contribution in [0.15, 0.2) is 22.7 Å². The highest BCUT2D eigenvalue weighted by Crippen LogP contribution is 2.34. The summed E-state index contributed by atoms with van der Waals surface area (Å²) in [4.78, 5) is 0. The molecule has 0 atom stereocenters. The monoisotopic (exact) mass is 321 g/mol. The molecule has 2 rings (SSSR count). The molecule has 2 aromatic rings. The molecule has 0 fully saturated rings. The topological polar surface area (TPSA) is 43.8 Å². The van der Waals surface area contributed by atoms with E-state index in [0.717, 1.165) is 33.5 Å². The molecule has 0 aliphatic carbocycles. The number of aryl methyl sites for hydroxylation is 2. The highest BCUT2D eigenvalue weighted by molar-refractivity contribution is 9.10. The van der Waals surface area contributed by atoms with E-state index in [9.17, 15) is 0 Å². The summed E-state index contributed by atoms with van der Waals surface area (Å²) < 4.78 is 2.83. The SMILES string of the molecule is Cc1ccc(-c2nn(C)c(N)c2CC(C)C)c(Br)c1. The van der Waals surface area contributed by atoms with Crippen LogP contribution >= 0.6 is 15.9 Å². The van der Waals surface area contributed by atoms with E-state index in [0.29, 0.717) is 5.92 Å². The van der Waals surface area contributed by atoms with E-state index >= 15 is 0 Å². The Balaban J connectivity index is 2.58. The Hall–Kier alpha value is -1.29. The molecule has 0 aliphatic rings. The van der Waals surface area contributed by atoms with Crippen LogP contribution in [0, 0.1) is 12.8 Å². The van der Waals surface area contributed by atoms with E-state index in [-0.39, 0.29) is 0 Å². The van der Waals surface area contributed by atoms with Crippen LogP contribution < -0.4 is 5.73 Å². The molecule has 2 N–H and O–H groups in total. The maximum atomic E-state index is 6.15. The molecule has 4 heteroatoms. The van der Waals surface area contributed by atoms with Crippen LogP contribution in [0.25, 0.3) is 11.3 Å². The third kappa shape index (κ3) is 2.84. The number of nitrogens with two attached hydrogens (primary N) is 1.